The molecule has 0 aliphatic rings. The maximum Gasteiger partial charge on any atom is 0.0541 e. The molecule has 1 nitrogen and oxygen atoms in total. The summed E-state index contributed by atoms with van der Waals surface area (Å²) in [5.74, 6) is 0. The molecule has 33 heavy (non-hydrogen) atoms. The van der Waals surface area contributed by atoms with Crippen LogP contribution in [0.5, 0.6) is 0 Å². The molecule has 5 aromatic carbocycles. The van der Waals surface area contributed by atoms with Gasteiger partial charge in [0.05, 0.1) is 11.0 Å². The zero-order valence-electron chi connectivity index (χ0n) is 17.6. The summed E-state index contributed by atoms with van der Waals surface area (Å²) in [5.41, 5.74) is 6.10. The van der Waals surface area contributed by atoms with E-state index >= 15 is 0 Å². The van der Waals surface area contributed by atoms with E-state index in [0.717, 1.165) is 4.47 Å². The smallest absolute Gasteiger partial charge is 0.0541 e. The van der Waals surface area contributed by atoms with Crippen molar-refractivity contribution in [3.05, 3.63) is 114 Å². The van der Waals surface area contributed by atoms with Gasteiger partial charge in [0.15, 0.2) is 0 Å². The van der Waals surface area contributed by atoms with Gasteiger partial charge in [0.25, 0.3) is 0 Å². The molecule has 7 rings (SSSR count). The molecule has 0 saturated heterocycles. The Hall–Kier alpha value is -3.40. The van der Waals surface area contributed by atoms with E-state index in [1.54, 1.807) is 0 Å². The van der Waals surface area contributed by atoms with E-state index in [2.05, 4.69) is 130 Å². The van der Waals surface area contributed by atoms with Crippen LogP contribution in [0.4, 0.5) is 0 Å². The van der Waals surface area contributed by atoms with Crippen molar-refractivity contribution in [2.45, 2.75) is 0 Å². The molecule has 0 aliphatic heterocycles. The second-order valence-corrected chi connectivity index (χ2v) is 10.4. The molecule has 2 heterocycles. The van der Waals surface area contributed by atoms with Crippen LogP contribution in [0.2, 0.25) is 0 Å². The number of rotatable bonds is 2. The number of aromatic nitrogens is 1. The average molecular weight is 504 g/mol. The van der Waals surface area contributed by atoms with Crippen LogP contribution >= 0.6 is 27.3 Å². The molecule has 0 spiro atoms. The number of para-hydroxylation sites is 1. The number of thiophene rings is 1. The van der Waals surface area contributed by atoms with E-state index in [4.69, 9.17) is 0 Å². The molecule has 0 atom stereocenters. The zero-order chi connectivity index (χ0) is 21.9. The third-order valence-electron chi connectivity index (χ3n) is 6.45. The zero-order valence-corrected chi connectivity index (χ0v) is 20.0. The van der Waals surface area contributed by atoms with Crippen LogP contribution in [-0.2, 0) is 0 Å². The normalized spacial score (nSPS) is 11.8. The highest BCUT2D eigenvalue weighted by Crippen LogP contribution is 2.38. The van der Waals surface area contributed by atoms with Gasteiger partial charge in [0.1, 0.15) is 0 Å². The van der Waals surface area contributed by atoms with Crippen LogP contribution in [0.3, 0.4) is 0 Å². The van der Waals surface area contributed by atoms with Gasteiger partial charge in [0, 0.05) is 41.1 Å². The highest BCUT2D eigenvalue weighted by Gasteiger charge is 2.13. The van der Waals surface area contributed by atoms with Crippen molar-refractivity contribution in [2.75, 3.05) is 0 Å². The largest absolute Gasteiger partial charge is 0.309 e. The van der Waals surface area contributed by atoms with Crippen LogP contribution in [0.15, 0.2) is 114 Å². The Morgan fingerprint density at radius 2 is 1.27 bits per heavy atom. The Balaban J connectivity index is 1.45. The van der Waals surface area contributed by atoms with Crippen LogP contribution in [0.1, 0.15) is 0 Å². The first-order valence-electron chi connectivity index (χ1n) is 11.0. The predicted octanol–water partition coefficient (Wildman–Crippen LogP) is 9.58. The summed E-state index contributed by atoms with van der Waals surface area (Å²) in [6, 6.07) is 39.6. The summed E-state index contributed by atoms with van der Waals surface area (Å²) < 4.78 is 6.15. The summed E-state index contributed by atoms with van der Waals surface area (Å²) in [6.07, 6.45) is 0. The molecule has 0 N–H and O–H groups in total. The number of halogens is 1. The minimum atomic E-state index is 1.10. The van der Waals surface area contributed by atoms with Gasteiger partial charge < -0.3 is 4.57 Å². The molecule has 7 aromatic rings. The second kappa shape index (κ2) is 7.31. The number of nitrogens with zero attached hydrogens (tertiary/aromatic N) is 1. The maximum atomic E-state index is 3.65. The lowest BCUT2D eigenvalue weighted by Gasteiger charge is -2.10. The first-order chi connectivity index (χ1) is 16.3. The van der Waals surface area contributed by atoms with Gasteiger partial charge >= 0.3 is 0 Å². The monoisotopic (exact) mass is 503 g/mol. The highest BCUT2D eigenvalue weighted by molar-refractivity contribution is 9.10. The van der Waals surface area contributed by atoms with Crippen LogP contribution in [0, 0.1) is 0 Å². The molecular weight excluding hydrogens is 486 g/mol. The predicted molar refractivity (Wildman–Crippen MR) is 147 cm³/mol. The van der Waals surface area contributed by atoms with Gasteiger partial charge in [-0.2, -0.15) is 0 Å². The van der Waals surface area contributed by atoms with Crippen molar-refractivity contribution >= 4 is 69.2 Å². The SMILES string of the molecule is Brc1ccc2c(c1)c1ccccc1n2-c1cccc(-c2ccc3sc4ccccc4c3c2)c1. The molecule has 0 aliphatic carbocycles. The van der Waals surface area contributed by atoms with E-state index in [1.165, 1.54) is 58.8 Å². The number of hydrogen-bond donors (Lipinski definition) is 0. The topological polar surface area (TPSA) is 4.93 Å². The van der Waals surface area contributed by atoms with Crippen molar-refractivity contribution < 1.29 is 0 Å². The van der Waals surface area contributed by atoms with Crippen LogP contribution in [0.25, 0.3) is 58.8 Å². The minimum absolute atomic E-state index is 1.10. The number of hydrogen-bond acceptors (Lipinski definition) is 1. The Bertz CT molecular complexity index is 1840. The average Bonchev–Trinajstić information content (AvgIpc) is 3.39. The molecule has 0 unspecified atom stereocenters. The minimum Gasteiger partial charge on any atom is -0.309 e. The molecule has 0 saturated carbocycles. The van der Waals surface area contributed by atoms with Crippen molar-refractivity contribution in [2.24, 2.45) is 0 Å². The molecule has 0 fully saturated rings. The van der Waals surface area contributed by atoms with Gasteiger partial charge in [-0.1, -0.05) is 70.5 Å². The highest BCUT2D eigenvalue weighted by atomic mass is 79.9. The maximum absolute atomic E-state index is 3.65. The summed E-state index contributed by atoms with van der Waals surface area (Å²) in [7, 11) is 0. The van der Waals surface area contributed by atoms with Crippen molar-refractivity contribution in [3.8, 4) is 16.8 Å². The fourth-order valence-corrected chi connectivity index (χ4v) is 6.40. The van der Waals surface area contributed by atoms with E-state index < -0.39 is 0 Å². The van der Waals surface area contributed by atoms with Crippen LogP contribution in [-0.4, -0.2) is 4.57 Å². The van der Waals surface area contributed by atoms with E-state index in [1.807, 2.05) is 11.3 Å². The summed E-state index contributed by atoms with van der Waals surface area (Å²) >= 11 is 5.51. The summed E-state index contributed by atoms with van der Waals surface area (Å²) in [6.45, 7) is 0. The van der Waals surface area contributed by atoms with Crippen LogP contribution < -0.4 is 0 Å². The first-order valence-corrected chi connectivity index (χ1v) is 12.6. The Kier molecular flexibility index (Phi) is 4.23. The Labute approximate surface area is 203 Å². The van der Waals surface area contributed by atoms with Gasteiger partial charge in [-0.25, -0.2) is 0 Å². The number of benzene rings is 5. The lowest BCUT2D eigenvalue weighted by Crippen LogP contribution is -1.94. The fraction of sp³-hybridized carbons (Fsp3) is 0. The third kappa shape index (κ3) is 2.97. The molecule has 2 aromatic heterocycles. The molecule has 0 amide bonds. The van der Waals surface area contributed by atoms with Crippen molar-refractivity contribution in [1.29, 1.82) is 0 Å². The third-order valence-corrected chi connectivity index (χ3v) is 8.09. The quantitative estimate of drug-likeness (QED) is 0.221. The fourth-order valence-electron chi connectivity index (χ4n) is 4.95. The second-order valence-electron chi connectivity index (χ2n) is 8.37. The van der Waals surface area contributed by atoms with Gasteiger partial charge in [-0.05, 0) is 65.7 Å². The van der Waals surface area contributed by atoms with Gasteiger partial charge in [0.2, 0.25) is 0 Å². The summed E-state index contributed by atoms with van der Waals surface area (Å²) in [4.78, 5) is 0. The van der Waals surface area contributed by atoms with Crippen molar-refractivity contribution in [1.82, 2.24) is 4.57 Å². The Morgan fingerprint density at radius 3 is 2.21 bits per heavy atom. The standard InChI is InChI=1S/C30H18BrNS/c31-21-13-14-28-25(18-21)23-8-1-3-10-27(23)32(28)22-7-5-6-19(16-22)20-12-15-30-26(17-20)24-9-2-4-11-29(24)33-30/h1-18H. The van der Waals surface area contributed by atoms with Crippen molar-refractivity contribution in [3.63, 3.8) is 0 Å². The van der Waals surface area contributed by atoms with E-state index in [-0.39, 0.29) is 0 Å². The van der Waals surface area contributed by atoms with E-state index in [9.17, 15) is 0 Å². The number of fused-ring (bicyclic) bond motifs is 6. The first kappa shape index (κ1) is 19.1. The molecular formula is C30H18BrNS. The molecule has 3 heteroatoms. The van der Waals surface area contributed by atoms with Gasteiger partial charge in [-0.3, -0.25) is 0 Å². The Morgan fingerprint density at radius 1 is 0.515 bits per heavy atom. The van der Waals surface area contributed by atoms with Gasteiger partial charge in [-0.15, -0.1) is 11.3 Å². The molecule has 0 radical (unpaired) electrons. The lowest BCUT2D eigenvalue weighted by atomic mass is 10.0. The molecule has 0 bridgehead atoms. The van der Waals surface area contributed by atoms with E-state index in [0.29, 0.717) is 0 Å². The summed E-state index contributed by atoms with van der Waals surface area (Å²) in [5, 5.41) is 5.20. The lowest BCUT2D eigenvalue weighted by molar-refractivity contribution is 1.18. The molecule has 156 valence electrons.